The third-order valence-electron chi connectivity index (χ3n) is 3.53. The van der Waals surface area contributed by atoms with Crippen molar-refractivity contribution >= 4 is 33.4 Å². The third-order valence-corrected chi connectivity index (χ3v) is 4.55. The molecule has 0 fully saturated rings. The monoisotopic (exact) mass is 360 g/mol. The maximum Gasteiger partial charge on any atom is 0.330 e. The van der Waals surface area contributed by atoms with E-state index >= 15 is 0 Å². The number of rotatable bonds is 6. The third kappa shape index (κ3) is 3.77. The Labute approximate surface area is 147 Å². The first kappa shape index (κ1) is 16.9. The SMILES string of the molecule is COC(=O)C(Cn1ccnc1)NC(=O)c1nc2ccc(OC)cc2s1. The number of fused-ring (bicyclic) bond motifs is 1. The molecule has 1 aromatic carbocycles. The van der Waals surface area contributed by atoms with E-state index < -0.39 is 17.9 Å². The Morgan fingerprint density at radius 3 is 2.88 bits per heavy atom. The normalized spacial score (nSPS) is 11.9. The summed E-state index contributed by atoms with van der Waals surface area (Å²) in [7, 11) is 2.85. The molecule has 3 rings (SSSR count). The van der Waals surface area contributed by atoms with Gasteiger partial charge in [0.1, 0.15) is 11.8 Å². The molecule has 2 heterocycles. The van der Waals surface area contributed by atoms with Crippen molar-refractivity contribution in [3.63, 3.8) is 0 Å². The number of methoxy groups -OCH3 is 2. The Balaban J connectivity index is 1.79. The van der Waals surface area contributed by atoms with Gasteiger partial charge in [-0.1, -0.05) is 0 Å². The molecule has 1 unspecified atom stereocenters. The van der Waals surface area contributed by atoms with Crippen LogP contribution in [0.3, 0.4) is 0 Å². The maximum atomic E-state index is 12.5. The first-order chi connectivity index (χ1) is 12.1. The predicted molar refractivity (Wildman–Crippen MR) is 91.7 cm³/mol. The largest absolute Gasteiger partial charge is 0.497 e. The Hall–Kier alpha value is -2.94. The minimum Gasteiger partial charge on any atom is -0.497 e. The fourth-order valence-electron chi connectivity index (χ4n) is 2.28. The van der Waals surface area contributed by atoms with Crippen molar-refractivity contribution in [2.75, 3.05) is 14.2 Å². The van der Waals surface area contributed by atoms with Gasteiger partial charge < -0.3 is 19.4 Å². The highest BCUT2D eigenvalue weighted by Gasteiger charge is 2.24. The molecule has 0 bridgehead atoms. The lowest BCUT2D eigenvalue weighted by molar-refractivity contribution is -0.143. The minimum absolute atomic E-state index is 0.219. The Morgan fingerprint density at radius 2 is 2.20 bits per heavy atom. The van der Waals surface area contributed by atoms with Crippen LogP contribution in [0.15, 0.2) is 36.9 Å². The van der Waals surface area contributed by atoms with Crippen molar-refractivity contribution in [2.24, 2.45) is 0 Å². The Bertz CT molecular complexity index is 891. The molecule has 0 saturated carbocycles. The molecule has 0 aliphatic rings. The molecule has 1 atom stereocenters. The van der Waals surface area contributed by atoms with Crippen LogP contribution in [-0.2, 0) is 16.1 Å². The molecular weight excluding hydrogens is 344 g/mol. The number of imidazole rings is 1. The van der Waals surface area contributed by atoms with Crippen molar-refractivity contribution in [3.05, 3.63) is 41.9 Å². The molecule has 2 aromatic heterocycles. The minimum atomic E-state index is -0.840. The first-order valence-corrected chi connectivity index (χ1v) is 8.21. The van der Waals surface area contributed by atoms with Crippen LogP contribution < -0.4 is 10.1 Å². The van der Waals surface area contributed by atoms with Gasteiger partial charge in [0.25, 0.3) is 5.91 Å². The van der Waals surface area contributed by atoms with Gasteiger partial charge in [0, 0.05) is 12.4 Å². The topological polar surface area (TPSA) is 95.3 Å². The molecule has 0 spiro atoms. The Morgan fingerprint density at radius 1 is 1.36 bits per heavy atom. The van der Waals surface area contributed by atoms with Gasteiger partial charge in [0.05, 0.1) is 37.3 Å². The number of nitrogens with one attached hydrogen (secondary N) is 1. The van der Waals surface area contributed by atoms with Gasteiger partial charge in [-0.05, 0) is 18.2 Å². The zero-order chi connectivity index (χ0) is 17.8. The molecule has 1 amide bonds. The molecule has 0 aliphatic carbocycles. The second kappa shape index (κ2) is 7.31. The quantitative estimate of drug-likeness (QED) is 0.669. The van der Waals surface area contributed by atoms with Crippen molar-refractivity contribution in [1.82, 2.24) is 19.9 Å². The molecule has 25 heavy (non-hydrogen) atoms. The van der Waals surface area contributed by atoms with E-state index in [4.69, 9.17) is 9.47 Å². The van der Waals surface area contributed by atoms with E-state index in [0.717, 1.165) is 4.70 Å². The summed E-state index contributed by atoms with van der Waals surface area (Å²) < 4.78 is 12.4. The molecule has 0 saturated heterocycles. The van der Waals surface area contributed by atoms with E-state index in [2.05, 4.69) is 15.3 Å². The number of amides is 1. The van der Waals surface area contributed by atoms with Crippen LogP contribution in [-0.4, -0.2) is 46.7 Å². The van der Waals surface area contributed by atoms with E-state index in [9.17, 15) is 9.59 Å². The fraction of sp³-hybridized carbons (Fsp3) is 0.250. The van der Waals surface area contributed by atoms with Gasteiger partial charge in [-0.25, -0.2) is 14.8 Å². The lowest BCUT2D eigenvalue weighted by atomic mass is 10.3. The number of benzene rings is 1. The zero-order valence-corrected chi connectivity index (χ0v) is 14.4. The van der Waals surface area contributed by atoms with E-state index in [0.29, 0.717) is 11.3 Å². The molecule has 0 radical (unpaired) electrons. The molecule has 0 aliphatic heterocycles. The van der Waals surface area contributed by atoms with Gasteiger partial charge >= 0.3 is 5.97 Å². The number of nitrogens with zero attached hydrogens (tertiary/aromatic N) is 3. The average molecular weight is 360 g/mol. The predicted octanol–water partition coefficient (Wildman–Crippen LogP) is 1.47. The molecular formula is C16H16N4O4S. The van der Waals surface area contributed by atoms with Gasteiger partial charge in [-0.15, -0.1) is 11.3 Å². The molecule has 1 N–H and O–H groups in total. The van der Waals surface area contributed by atoms with E-state index in [1.54, 1.807) is 42.5 Å². The van der Waals surface area contributed by atoms with Gasteiger partial charge in [-0.3, -0.25) is 4.79 Å². The van der Waals surface area contributed by atoms with Gasteiger partial charge in [0.15, 0.2) is 5.01 Å². The summed E-state index contributed by atoms with van der Waals surface area (Å²) in [6, 6.07) is 4.53. The van der Waals surface area contributed by atoms with Crippen LogP contribution in [0.25, 0.3) is 10.2 Å². The second-order valence-corrected chi connectivity index (χ2v) is 6.19. The lowest BCUT2D eigenvalue weighted by Gasteiger charge is -2.16. The zero-order valence-electron chi connectivity index (χ0n) is 13.6. The van der Waals surface area contributed by atoms with Gasteiger partial charge in [-0.2, -0.15) is 0 Å². The summed E-state index contributed by atoms with van der Waals surface area (Å²) >= 11 is 1.23. The average Bonchev–Trinajstić information content (AvgIpc) is 3.28. The van der Waals surface area contributed by atoms with Crippen molar-refractivity contribution < 1.29 is 19.1 Å². The highest BCUT2D eigenvalue weighted by molar-refractivity contribution is 7.20. The number of thiazole rings is 1. The van der Waals surface area contributed by atoms with Crippen LogP contribution in [0, 0.1) is 0 Å². The van der Waals surface area contributed by atoms with E-state index in [-0.39, 0.29) is 11.6 Å². The summed E-state index contributed by atoms with van der Waals surface area (Å²) in [5.74, 6) is -0.281. The van der Waals surface area contributed by atoms with E-state index in [1.807, 2.05) is 6.07 Å². The number of carbonyl (C=O) groups excluding carboxylic acids is 2. The molecule has 130 valence electrons. The number of hydrogen-bond donors (Lipinski definition) is 1. The summed E-state index contributed by atoms with van der Waals surface area (Å²) in [5, 5.41) is 2.93. The number of aromatic nitrogens is 3. The second-order valence-electron chi connectivity index (χ2n) is 5.16. The molecule has 3 aromatic rings. The van der Waals surface area contributed by atoms with Crippen molar-refractivity contribution in [1.29, 1.82) is 0 Å². The van der Waals surface area contributed by atoms with E-state index in [1.165, 1.54) is 18.4 Å². The number of esters is 1. The van der Waals surface area contributed by atoms with Crippen LogP contribution in [0.5, 0.6) is 5.75 Å². The van der Waals surface area contributed by atoms with Crippen LogP contribution in [0.4, 0.5) is 0 Å². The van der Waals surface area contributed by atoms with Gasteiger partial charge in [0.2, 0.25) is 0 Å². The van der Waals surface area contributed by atoms with Crippen LogP contribution in [0.1, 0.15) is 9.80 Å². The highest BCUT2D eigenvalue weighted by Crippen LogP contribution is 2.26. The smallest absolute Gasteiger partial charge is 0.330 e. The number of hydrogen-bond acceptors (Lipinski definition) is 7. The fourth-order valence-corrected chi connectivity index (χ4v) is 3.17. The first-order valence-electron chi connectivity index (χ1n) is 7.39. The van der Waals surface area contributed by atoms with Crippen molar-refractivity contribution in [2.45, 2.75) is 12.6 Å². The standard InChI is InChI=1S/C16H16N4O4S/c1-23-10-3-4-11-13(7-10)25-15(19-11)14(21)18-12(16(22)24-2)8-20-6-5-17-9-20/h3-7,9,12H,8H2,1-2H3,(H,18,21). The number of ether oxygens (including phenoxy) is 2. The number of carbonyl (C=O) groups is 2. The Kier molecular flexibility index (Phi) is 4.94. The van der Waals surface area contributed by atoms with Crippen LogP contribution >= 0.6 is 11.3 Å². The summed E-state index contributed by atoms with van der Waals surface area (Å²) in [5.41, 5.74) is 0.695. The maximum absolute atomic E-state index is 12.5. The van der Waals surface area contributed by atoms with Crippen LogP contribution in [0.2, 0.25) is 0 Å². The highest BCUT2D eigenvalue weighted by atomic mass is 32.1. The lowest BCUT2D eigenvalue weighted by Crippen LogP contribution is -2.44. The molecule has 9 heteroatoms. The summed E-state index contributed by atoms with van der Waals surface area (Å²) in [6.45, 7) is 0.219. The van der Waals surface area contributed by atoms with Crippen molar-refractivity contribution in [3.8, 4) is 5.75 Å². The summed E-state index contributed by atoms with van der Waals surface area (Å²) in [6.07, 6.45) is 4.86. The summed E-state index contributed by atoms with van der Waals surface area (Å²) in [4.78, 5) is 32.7. The molecule has 8 nitrogen and oxygen atoms in total.